The lowest BCUT2D eigenvalue weighted by Crippen LogP contribution is -2.61. The summed E-state index contributed by atoms with van der Waals surface area (Å²) in [6, 6.07) is 0. The van der Waals surface area contributed by atoms with Crippen molar-refractivity contribution in [2.24, 2.45) is 0 Å². The van der Waals surface area contributed by atoms with Gasteiger partial charge in [-0.05, 0) is 0 Å². The van der Waals surface area contributed by atoms with Crippen LogP contribution in [0.3, 0.4) is 0 Å². The van der Waals surface area contributed by atoms with E-state index in [1.165, 1.54) is 7.11 Å². The smallest absolute Gasteiger partial charge is 0.186 e. The van der Waals surface area contributed by atoms with Crippen molar-refractivity contribution < 1.29 is 35.0 Å². The Labute approximate surface area is 86.5 Å². The van der Waals surface area contributed by atoms with Gasteiger partial charge in [0.1, 0.15) is 30.5 Å². The molecule has 7 heteroatoms. The fraction of sp³-hybridized carbons (Fsp3) is 1.00. The first-order valence-electron chi connectivity index (χ1n) is 4.54. The van der Waals surface area contributed by atoms with Crippen LogP contribution in [0.15, 0.2) is 0 Å². The largest absolute Gasteiger partial charge is 0.394 e. The third kappa shape index (κ3) is 2.45. The fourth-order valence-corrected chi connectivity index (χ4v) is 1.49. The van der Waals surface area contributed by atoms with Gasteiger partial charge in [0.05, 0.1) is 6.61 Å². The predicted octanol–water partition coefficient (Wildman–Crippen LogP) is -3.21. The summed E-state index contributed by atoms with van der Waals surface area (Å²) in [5, 5.41) is 46.2. The Kier molecular flexibility index (Phi) is 4.41. The van der Waals surface area contributed by atoms with Gasteiger partial charge in [0, 0.05) is 7.11 Å². The highest BCUT2D eigenvalue weighted by molar-refractivity contribution is 4.92. The van der Waals surface area contributed by atoms with E-state index < -0.39 is 43.4 Å². The summed E-state index contributed by atoms with van der Waals surface area (Å²) in [5.74, 6) is 0. The Balaban J connectivity index is 2.74. The lowest BCUT2D eigenvalue weighted by molar-refractivity contribution is -0.305. The predicted molar refractivity (Wildman–Crippen MR) is 46.8 cm³/mol. The summed E-state index contributed by atoms with van der Waals surface area (Å²) in [5.41, 5.74) is 0. The number of rotatable bonds is 3. The summed E-state index contributed by atoms with van der Waals surface area (Å²) in [7, 11) is 1.25. The van der Waals surface area contributed by atoms with E-state index in [0.717, 1.165) is 0 Å². The zero-order chi connectivity index (χ0) is 11.6. The maximum absolute atomic E-state index is 9.46. The molecule has 6 atom stereocenters. The zero-order valence-corrected chi connectivity index (χ0v) is 8.22. The lowest BCUT2D eigenvalue weighted by atomic mass is 9.95. The average Bonchev–Trinajstić information content (AvgIpc) is 2.25. The molecule has 0 unspecified atom stereocenters. The highest BCUT2D eigenvalue weighted by Gasteiger charge is 2.46. The Hall–Kier alpha value is -0.280. The molecule has 0 aromatic rings. The quantitative estimate of drug-likeness (QED) is 0.342. The molecule has 0 aromatic carbocycles. The minimum atomic E-state index is -1.49. The van der Waals surface area contributed by atoms with Crippen LogP contribution in [0.25, 0.3) is 0 Å². The number of methoxy groups -OCH3 is 1. The second-order valence-electron chi connectivity index (χ2n) is 3.43. The fourth-order valence-electron chi connectivity index (χ4n) is 1.49. The summed E-state index contributed by atoms with van der Waals surface area (Å²) >= 11 is 0. The van der Waals surface area contributed by atoms with Crippen LogP contribution in [0.4, 0.5) is 0 Å². The van der Waals surface area contributed by atoms with Gasteiger partial charge < -0.3 is 35.0 Å². The molecule has 1 aliphatic rings. The first-order chi connectivity index (χ1) is 7.02. The normalized spacial score (nSPS) is 44.0. The number of ether oxygens (including phenoxy) is 2. The molecule has 15 heavy (non-hydrogen) atoms. The van der Waals surface area contributed by atoms with E-state index in [0.29, 0.717) is 0 Å². The van der Waals surface area contributed by atoms with Gasteiger partial charge in [-0.15, -0.1) is 0 Å². The minimum Gasteiger partial charge on any atom is -0.394 e. The number of hydrogen-bond donors (Lipinski definition) is 5. The van der Waals surface area contributed by atoms with E-state index in [1.807, 2.05) is 0 Å². The van der Waals surface area contributed by atoms with Gasteiger partial charge in [0.2, 0.25) is 0 Å². The van der Waals surface area contributed by atoms with Gasteiger partial charge >= 0.3 is 0 Å². The Morgan fingerprint density at radius 3 is 2.27 bits per heavy atom. The summed E-state index contributed by atoms with van der Waals surface area (Å²) in [6.07, 6.45) is -8.05. The average molecular weight is 224 g/mol. The van der Waals surface area contributed by atoms with Gasteiger partial charge in [0.25, 0.3) is 0 Å². The second-order valence-corrected chi connectivity index (χ2v) is 3.43. The molecular formula is C8H16O7. The molecule has 0 aliphatic carbocycles. The van der Waals surface area contributed by atoms with E-state index in [9.17, 15) is 20.4 Å². The Morgan fingerprint density at radius 1 is 1.20 bits per heavy atom. The maximum atomic E-state index is 9.46. The van der Waals surface area contributed by atoms with Crippen LogP contribution in [0.1, 0.15) is 0 Å². The number of aliphatic hydroxyl groups is 5. The van der Waals surface area contributed by atoms with Gasteiger partial charge in [-0.1, -0.05) is 0 Å². The number of aliphatic hydroxyl groups excluding tert-OH is 5. The van der Waals surface area contributed by atoms with E-state index in [2.05, 4.69) is 0 Å². The van der Waals surface area contributed by atoms with Gasteiger partial charge in [-0.3, -0.25) is 0 Å². The van der Waals surface area contributed by atoms with Crippen molar-refractivity contribution in [3.8, 4) is 0 Å². The molecule has 0 amide bonds. The molecule has 0 radical (unpaired) electrons. The highest BCUT2D eigenvalue weighted by Crippen LogP contribution is 2.23. The van der Waals surface area contributed by atoms with Crippen LogP contribution in [0.2, 0.25) is 0 Å². The molecule has 90 valence electrons. The molecule has 0 saturated carbocycles. The van der Waals surface area contributed by atoms with Gasteiger partial charge in [-0.2, -0.15) is 0 Å². The molecule has 7 nitrogen and oxygen atoms in total. The van der Waals surface area contributed by atoms with Crippen molar-refractivity contribution in [3.05, 3.63) is 0 Å². The summed E-state index contributed by atoms with van der Waals surface area (Å²) in [4.78, 5) is 0. The van der Waals surface area contributed by atoms with Crippen molar-refractivity contribution in [2.45, 2.75) is 36.8 Å². The molecule has 0 aromatic heterocycles. The van der Waals surface area contributed by atoms with Crippen LogP contribution in [-0.4, -0.2) is 76.1 Å². The molecule has 0 bridgehead atoms. The Bertz CT molecular complexity index is 197. The SMILES string of the molecule is CO[C@@H]1O[C@H]([C@H](O)CO)[C@H](O)[C@@H](O)[C@H]1O. The van der Waals surface area contributed by atoms with Gasteiger partial charge in [-0.25, -0.2) is 0 Å². The molecule has 1 fully saturated rings. The van der Waals surface area contributed by atoms with Gasteiger partial charge in [0.15, 0.2) is 6.29 Å². The molecule has 1 rings (SSSR count). The summed E-state index contributed by atoms with van der Waals surface area (Å²) < 4.78 is 9.70. The minimum absolute atomic E-state index is 0.624. The van der Waals surface area contributed by atoms with E-state index >= 15 is 0 Å². The molecule has 0 spiro atoms. The zero-order valence-electron chi connectivity index (χ0n) is 8.22. The lowest BCUT2D eigenvalue weighted by Gasteiger charge is -2.41. The third-order valence-electron chi connectivity index (χ3n) is 2.41. The highest BCUT2D eigenvalue weighted by atomic mass is 16.7. The van der Waals surface area contributed by atoms with Crippen LogP contribution >= 0.6 is 0 Å². The van der Waals surface area contributed by atoms with Crippen LogP contribution in [0.5, 0.6) is 0 Å². The first kappa shape index (κ1) is 12.8. The maximum Gasteiger partial charge on any atom is 0.186 e. The van der Waals surface area contributed by atoms with Crippen LogP contribution in [-0.2, 0) is 9.47 Å². The standard InChI is InChI=1S/C8H16O7/c1-14-8-6(13)4(11)5(12)7(15-8)3(10)2-9/h3-13H,2H2,1H3/t3-,4-,5-,6-,7-,8-/m1/s1. The second kappa shape index (κ2) is 5.17. The van der Waals surface area contributed by atoms with E-state index in [4.69, 9.17) is 14.6 Å². The van der Waals surface area contributed by atoms with Crippen molar-refractivity contribution in [1.29, 1.82) is 0 Å². The molecule has 1 heterocycles. The van der Waals surface area contributed by atoms with Crippen LogP contribution in [0, 0.1) is 0 Å². The van der Waals surface area contributed by atoms with Crippen molar-refractivity contribution in [2.75, 3.05) is 13.7 Å². The molecular weight excluding hydrogens is 208 g/mol. The molecule has 1 aliphatic heterocycles. The third-order valence-corrected chi connectivity index (χ3v) is 2.41. The number of hydrogen-bond acceptors (Lipinski definition) is 7. The van der Waals surface area contributed by atoms with Crippen molar-refractivity contribution >= 4 is 0 Å². The van der Waals surface area contributed by atoms with E-state index in [1.54, 1.807) is 0 Å². The van der Waals surface area contributed by atoms with Crippen LogP contribution < -0.4 is 0 Å². The van der Waals surface area contributed by atoms with Crippen molar-refractivity contribution in [1.82, 2.24) is 0 Å². The van der Waals surface area contributed by atoms with Crippen molar-refractivity contribution in [3.63, 3.8) is 0 Å². The monoisotopic (exact) mass is 224 g/mol. The first-order valence-corrected chi connectivity index (χ1v) is 4.54. The molecule has 1 saturated heterocycles. The van der Waals surface area contributed by atoms with E-state index in [-0.39, 0.29) is 0 Å². The summed E-state index contributed by atoms with van der Waals surface area (Å²) in [6.45, 7) is -0.624. The molecule has 5 N–H and O–H groups in total. The Morgan fingerprint density at radius 2 is 1.80 bits per heavy atom. The topological polar surface area (TPSA) is 120 Å².